The number of nitrogens with zero attached hydrogens (tertiary/aromatic N) is 3. The quantitative estimate of drug-likeness (QED) is 0.844. The van der Waals surface area contributed by atoms with Crippen LogP contribution in [0.4, 0.5) is 0 Å². The zero-order valence-electron chi connectivity index (χ0n) is 12.3. The number of amides is 1. The first-order valence-corrected chi connectivity index (χ1v) is 7.57. The Morgan fingerprint density at radius 3 is 2.52 bits per heavy atom. The van der Waals surface area contributed by atoms with Crippen LogP contribution in [0, 0.1) is 0 Å². The number of aromatic nitrogens is 2. The van der Waals surface area contributed by atoms with Crippen molar-refractivity contribution in [3.8, 4) is 5.88 Å². The summed E-state index contributed by atoms with van der Waals surface area (Å²) in [6, 6.07) is 0. The van der Waals surface area contributed by atoms with Gasteiger partial charge in [0.25, 0.3) is 5.91 Å². The molecule has 1 aromatic rings. The summed E-state index contributed by atoms with van der Waals surface area (Å²) in [6.45, 7) is 1.24. The first kappa shape index (κ1) is 14.3. The van der Waals surface area contributed by atoms with Gasteiger partial charge in [0.1, 0.15) is 11.8 Å². The van der Waals surface area contributed by atoms with Crippen LogP contribution in [-0.4, -0.2) is 53.2 Å². The molecule has 0 atom stereocenters. The van der Waals surface area contributed by atoms with Gasteiger partial charge in [-0.25, -0.2) is 9.97 Å². The van der Waals surface area contributed by atoms with Gasteiger partial charge in [0.2, 0.25) is 5.88 Å². The van der Waals surface area contributed by atoms with Crippen LogP contribution in [0.3, 0.4) is 0 Å². The van der Waals surface area contributed by atoms with E-state index in [9.17, 15) is 4.79 Å². The van der Waals surface area contributed by atoms with Crippen LogP contribution < -0.4 is 4.74 Å². The molecule has 0 radical (unpaired) electrons. The SMILES string of the molecule is COC1CN(C(=O)c2cnc(OC3CCCCC3)cn2)C1. The fraction of sp³-hybridized carbons (Fsp3) is 0.667. The summed E-state index contributed by atoms with van der Waals surface area (Å²) in [4.78, 5) is 22.2. The second kappa shape index (κ2) is 6.39. The lowest BCUT2D eigenvalue weighted by molar-refractivity contribution is -0.0195. The van der Waals surface area contributed by atoms with Crippen molar-refractivity contribution in [2.45, 2.75) is 44.3 Å². The van der Waals surface area contributed by atoms with Gasteiger partial charge in [-0.3, -0.25) is 4.79 Å². The molecule has 2 heterocycles. The minimum Gasteiger partial charge on any atom is -0.473 e. The Bertz CT molecular complexity index is 479. The molecule has 2 fully saturated rings. The number of likely N-dealkylation sites (tertiary alicyclic amines) is 1. The highest BCUT2D eigenvalue weighted by molar-refractivity contribution is 5.92. The molecule has 0 bridgehead atoms. The average Bonchev–Trinajstić information content (AvgIpc) is 2.48. The molecule has 1 saturated carbocycles. The molecule has 21 heavy (non-hydrogen) atoms. The molecule has 2 aliphatic rings. The number of rotatable bonds is 4. The number of methoxy groups -OCH3 is 1. The molecule has 1 amide bonds. The maximum atomic E-state index is 12.1. The summed E-state index contributed by atoms with van der Waals surface area (Å²) in [5.41, 5.74) is 0.362. The van der Waals surface area contributed by atoms with Gasteiger partial charge in [-0.05, 0) is 25.7 Å². The van der Waals surface area contributed by atoms with Crippen LogP contribution in [0.15, 0.2) is 12.4 Å². The van der Waals surface area contributed by atoms with Gasteiger partial charge >= 0.3 is 0 Å². The van der Waals surface area contributed by atoms with Gasteiger partial charge in [-0.2, -0.15) is 0 Å². The second-order valence-electron chi connectivity index (χ2n) is 5.69. The second-order valence-corrected chi connectivity index (χ2v) is 5.69. The van der Waals surface area contributed by atoms with E-state index < -0.39 is 0 Å². The molecule has 3 rings (SSSR count). The number of hydrogen-bond acceptors (Lipinski definition) is 5. The van der Waals surface area contributed by atoms with Crippen molar-refractivity contribution in [3.05, 3.63) is 18.1 Å². The Balaban J connectivity index is 1.55. The first-order valence-electron chi connectivity index (χ1n) is 7.57. The number of carbonyl (C=O) groups is 1. The van der Waals surface area contributed by atoms with Gasteiger partial charge in [-0.1, -0.05) is 6.42 Å². The third kappa shape index (κ3) is 3.32. The average molecular weight is 291 g/mol. The van der Waals surface area contributed by atoms with Crippen molar-refractivity contribution in [1.82, 2.24) is 14.9 Å². The lowest BCUT2D eigenvalue weighted by Crippen LogP contribution is -2.54. The summed E-state index contributed by atoms with van der Waals surface area (Å²) in [7, 11) is 1.66. The van der Waals surface area contributed by atoms with Crippen LogP contribution in [0.25, 0.3) is 0 Å². The molecule has 1 saturated heterocycles. The van der Waals surface area contributed by atoms with E-state index in [0.29, 0.717) is 24.7 Å². The van der Waals surface area contributed by atoms with Crippen LogP contribution in [-0.2, 0) is 4.74 Å². The van der Waals surface area contributed by atoms with E-state index >= 15 is 0 Å². The first-order chi connectivity index (χ1) is 10.3. The van der Waals surface area contributed by atoms with Gasteiger partial charge in [0.05, 0.1) is 18.5 Å². The van der Waals surface area contributed by atoms with Crippen molar-refractivity contribution in [1.29, 1.82) is 0 Å². The molecule has 0 aromatic carbocycles. The highest BCUT2D eigenvalue weighted by Gasteiger charge is 2.31. The number of carbonyl (C=O) groups excluding carboxylic acids is 1. The van der Waals surface area contributed by atoms with Gasteiger partial charge in [0, 0.05) is 20.2 Å². The van der Waals surface area contributed by atoms with Gasteiger partial charge < -0.3 is 14.4 Å². The fourth-order valence-electron chi connectivity index (χ4n) is 2.76. The van der Waals surface area contributed by atoms with Crippen LogP contribution in [0.1, 0.15) is 42.6 Å². The maximum absolute atomic E-state index is 12.1. The Kier molecular flexibility index (Phi) is 4.34. The molecule has 6 heteroatoms. The molecular weight excluding hydrogens is 270 g/mol. The highest BCUT2D eigenvalue weighted by Crippen LogP contribution is 2.22. The van der Waals surface area contributed by atoms with E-state index in [4.69, 9.17) is 9.47 Å². The summed E-state index contributed by atoms with van der Waals surface area (Å²) in [5.74, 6) is 0.414. The summed E-state index contributed by atoms with van der Waals surface area (Å²) in [6.07, 6.45) is 9.31. The van der Waals surface area contributed by atoms with E-state index in [2.05, 4.69) is 9.97 Å². The lowest BCUT2D eigenvalue weighted by Gasteiger charge is -2.37. The predicted molar refractivity (Wildman–Crippen MR) is 76.2 cm³/mol. The van der Waals surface area contributed by atoms with Crippen molar-refractivity contribution < 1.29 is 14.3 Å². The molecule has 0 N–H and O–H groups in total. The number of ether oxygens (including phenoxy) is 2. The third-order valence-corrected chi connectivity index (χ3v) is 4.16. The summed E-state index contributed by atoms with van der Waals surface area (Å²) >= 11 is 0. The molecule has 6 nitrogen and oxygen atoms in total. The van der Waals surface area contributed by atoms with Crippen molar-refractivity contribution >= 4 is 5.91 Å². The molecule has 0 unspecified atom stereocenters. The predicted octanol–water partition coefficient (Wildman–Crippen LogP) is 1.66. The highest BCUT2D eigenvalue weighted by atomic mass is 16.5. The maximum Gasteiger partial charge on any atom is 0.274 e. The van der Waals surface area contributed by atoms with E-state index in [0.717, 1.165) is 12.8 Å². The Morgan fingerprint density at radius 2 is 1.90 bits per heavy atom. The van der Waals surface area contributed by atoms with Crippen molar-refractivity contribution in [2.24, 2.45) is 0 Å². The molecule has 1 aliphatic carbocycles. The molecule has 0 spiro atoms. The zero-order chi connectivity index (χ0) is 14.7. The number of hydrogen-bond donors (Lipinski definition) is 0. The Hall–Kier alpha value is -1.69. The summed E-state index contributed by atoms with van der Waals surface area (Å²) in [5, 5.41) is 0. The lowest BCUT2D eigenvalue weighted by atomic mass is 9.98. The van der Waals surface area contributed by atoms with Crippen molar-refractivity contribution in [3.63, 3.8) is 0 Å². The Morgan fingerprint density at radius 1 is 1.14 bits per heavy atom. The van der Waals surface area contributed by atoms with Crippen LogP contribution in [0.2, 0.25) is 0 Å². The minimum absolute atomic E-state index is 0.0972. The summed E-state index contributed by atoms with van der Waals surface area (Å²) < 4.78 is 11.0. The minimum atomic E-state index is -0.0972. The molecule has 1 aliphatic heterocycles. The normalized spacial score (nSPS) is 20.1. The van der Waals surface area contributed by atoms with E-state index in [1.54, 1.807) is 18.2 Å². The largest absolute Gasteiger partial charge is 0.473 e. The molecule has 1 aromatic heterocycles. The smallest absolute Gasteiger partial charge is 0.274 e. The van der Waals surface area contributed by atoms with Crippen LogP contribution in [0.5, 0.6) is 5.88 Å². The molecular formula is C15H21N3O3. The fourth-order valence-corrected chi connectivity index (χ4v) is 2.76. The van der Waals surface area contributed by atoms with E-state index in [1.807, 2.05) is 0 Å². The zero-order valence-corrected chi connectivity index (χ0v) is 12.3. The monoisotopic (exact) mass is 291 g/mol. The molecule has 114 valence electrons. The van der Waals surface area contributed by atoms with Gasteiger partial charge in [-0.15, -0.1) is 0 Å². The van der Waals surface area contributed by atoms with Crippen molar-refractivity contribution in [2.75, 3.05) is 20.2 Å². The van der Waals surface area contributed by atoms with E-state index in [-0.39, 0.29) is 18.1 Å². The van der Waals surface area contributed by atoms with Gasteiger partial charge in [0.15, 0.2) is 0 Å². The van der Waals surface area contributed by atoms with Crippen LogP contribution >= 0.6 is 0 Å². The third-order valence-electron chi connectivity index (χ3n) is 4.16. The topological polar surface area (TPSA) is 64.5 Å². The van der Waals surface area contributed by atoms with E-state index in [1.165, 1.54) is 25.5 Å². The Labute approximate surface area is 124 Å². The standard InChI is InChI=1S/C15H21N3O3/c1-20-12-9-18(10-12)15(19)13-7-17-14(8-16-13)21-11-5-3-2-4-6-11/h7-8,11-12H,2-6,9-10H2,1H3.